The lowest BCUT2D eigenvalue weighted by molar-refractivity contribution is -0.119. The number of ether oxygens (including phenoxy) is 1. The average molecular weight is 354 g/mol. The summed E-state index contributed by atoms with van der Waals surface area (Å²) in [5.74, 6) is 0.742. The minimum absolute atomic E-state index is 0.0794. The molecule has 0 aliphatic heterocycles. The van der Waals surface area contributed by atoms with Gasteiger partial charge in [0, 0.05) is 12.5 Å². The molecule has 0 saturated carbocycles. The molecule has 0 aliphatic rings. The molecule has 0 unspecified atom stereocenters. The highest BCUT2D eigenvalue weighted by atomic mass is 32.1. The Balaban J connectivity index is 2.69. The number of hydrogen-bond acceptors (Lipinski definition) is 4. The minimum Gasteiger partial charge on any atom is -0.543 e. The highest BCUT2D eigenvalue weighted by molar-refractivity contribution is 7.80. The van der Waals surface area contributed by atoms with E-state index in [1.54, 1.807) is 0 Å². The topological polar surface area (TPSA) is 47.6 Å². The molecule has 4 nitrogen and oxygen atoms in total. The highest BCUT2D eigenvalue weighted by Gasteiger charge is 2.38. The zero-order chi connectivity index (χ0) is 17.7. The van der Waals surface area contributed by atoms with Crippen LogP contribution in [0.4, 0.5) is 0 Å². The van der Waals surface area contributed by atoms with E-state index in [0.29, 0.717) is 18.2 Å². The van der Waals surface area contributed by atoms with E-state index >= 15 is 0 Å². The van der Waals surface area contributed by atoms with Crippen molar-refractivity contribution >= 4 is 31.5 Å². The van der Waals surface area contributed by atoms with E-state index < -0.39 is 8.32 Å². The maximum absolute atomic E-state index is 10.8. The van der Waals surface area contributed by atoms with Gasteiger partial charge in [0.15, 0.2) is 5.05 Å². The summed E-state index contributed by atoms with van der Waals surface area (Å²) in [4.78, 5) is 10.8. The van der Waals surface area contributed by atoms with E-state index in [4.69, 9.17) is 21.4 Å². The quantitative estimate of drug-likeness (QED) is 0.479. The summed E-state index contributed by atoms with van der Waals surface area (Å²) >= 11 is 5.29. The first-order valence-corrected chi connectivity index (χ1v) is 11.1. The van der Waals surface area contributed by atoms with Crippen molar-refractivity contribution in [2.24, 2.45) is 0 Å². The second-order valence-electron chi connectivity index (χ2n) is 7.01. The van der Waals surface area contributed by atoms with Crippen LogP contribution >= 0.6 is 12.2 Å². The first kappa shape index (κ1) is 19.6. The summed E-state index contributed by atoms with van der Waals surface area (Å²) < 4.78 is 11.8. The molecular weight excluding hydrogens is 326 g/mol. The molecule has 0 bridgehead atoms. The number of hydrogen-bond donors (Lipinski definition) is 1. The predicted molar refractivity (Wildman–Crippen MR) is 101 cm³/mol. The molecule has 0 heterocycles. The molecule has 0 aliphatic carbocycles. The van der Waals surface area contributed by atoms with E-state index in [9.17, 15) is 4.79 Å². The maximum Gasteiger partial charge on any atom is 0.250 e. The lowest BCUT2D eigenvalue weighted by Gasteiger charge is -2.36. The van der Waals surface area contributed by atoms with Gasteiger partial charge in [-0.2, -0.15) is 0 Å². The van der Waals surface area contributed by atoms with Crippen LogP contribution in [-0.2, 0) is 9.53 Å². The molecule has 1 aromatic rings. The van der Waals surface area contributed by atoms with E-state index in [-0.39, 0.29) is 10.9 Å². The van der Waals surface area contributed by atoms with Crippen LogP contribution in [0.1, 0.15) is 33.3 Å². The Bertz CT molecular complexity index is 567. The van der Waals surface area contributed by atoms with Crippen molar-refractivity contribution in [3.05, 3.63) is 29.8 Å². The van der Waals surface area contributed by atoms with Gasteiger partial charge in [-0.15, -0.1) is 0 Å². The third-order valence-corrected chi connectivity index (χ3v) is 8.67. The number of carbonyl (C=O) groups excluding carboxylic acids is 1. The van der Waals surface area contributed by atoms with Gasteiger partial charge in [0.05, 0.1) is 6.54 Å². The second-order valence-corrected chi connectivity index (χ2v) is 12.1. The molecule has 1 rings (SSSR count). The Morgan fingerprint density at radius 1 is 1.30 bits per heavy atom. The van der Waals surface area contributed by atoms with Crippen molar-refractivity contribution in [1.82, 2.24) is 5.32 Å². The van der Waals surface area contributed by atoms with Crippen LogP contribution in [0.5, 0.6) is 5.75 Å². The molecule has 0 fully saturated rings. The van der Waals surface area contributed by atoms with Crippen LogP contribution in [-0.4, -0.2) is 32.4 Å². The summed E-state index contributed by atoms with van der Waals surface area (Å²) in [6.07, 6.45) is 0. The fraction of sp³-hybridized carbons (Fsp3) is 0.529. The lowest BCUT2D eigenvalue weighted by Crippen LogP contribution is -2.43. The Morgan fingerprint density at radius 2 is 1.96 bits per heavy atom. The van der Waals surface area contributed by atoms with Crippen LogP contribution < -0.4 is 9.74 Å². The van der Waals surface area contributed by atoms with E-state index in [1.807, 2.05) is 24.3 Å². The maximum atomic E-state index is 10.8. The number of nitrogens with one attached hydrogen (secondary N) is 1. The fourth-order valence-electron chi connectivity index (χ4n) is 1.59. The van der Waals surface area contributed by atoms with Crippen molar-refractivity contribution in [3.63, 3.8) is 0 Å². The van der Waals surface area contributed by atoms with Gasteiger partial charge < -0.3 is 14.5 Å². The molecule has 0 aromatic heterocycles. The standard InChI is InChI=1S/C17H27NO3SSi/c1-13(19)18-10-11-20-16(22)14-8-7-9-15(12-14)21-23(5,6)17(2,3)4/h7-9,12H,10-11H2,1-6H3,(H,18,19). The van der Waals surface area contributed by atoms with Gasteiger partial charge >= 0.3 is 0 Å². The van der Waals surface area contributed by atoms with Crippen LogP contribution in [0.3, 0.4) is 0 Å². The molecule has 0 spiro atoms. The highest BCUT2D eigenvalue weighted by Crippen LogP contribution is 2.37. The number of rotatable bonds is 6. The summed E-state index contributed by atoms with van der Waals surface area (Å²) in [7, 11) is -1.88. The van der Waals surface area contributed by atoms with Crippen LogP contribution in [0.2, 0.25) is 18.1 Å². The SMILES string of the molecule is CC(=O)NCCOC(=S)c1cccc(O[Si](C)(C)C(C)(C)C)c1. The summed E-state index contributed by atoms with van der Waals surface area (Å²) in [5, 5.41) is 3.22. The Morgan fingerprint density at radius 3 is 2.52 bits per heavy atom. The van der Waals surface area contributed by atoms with Gasteiger partial charge in [-0.05, 0) is 42.5 Å². The van der Waals surface area contributed by atoms with Gasteiger partial charge in [-0.3, -0.25) is 4.79 Å². The van der Waals surface area contributed by atoms with Crippen molar-refractivity contribution in [2.45, 2.75) is 45.8 Å². The molecule has 1 aromatic carbocycles. The van der Waals surface area contributed by atoms with Crippen molar-refractivity contribution < 1.29 is 14.0 Å². The summed E-state index contributed by atoms with van der Waals surface area (Å²) in [6, 6.07) is 7.69. The van der Waals surface area contributed by atoms with Crippen LogP contribution in [0, 0.1) is 0 Å². The number of benzene rings is 1. The molecule has 6 heteroatoms. The fourth-order valence-corrected chi connectivity index (χ4v) is 2.82. The Kier molecular flexibility index (Phi) is 6.77. The third kappa shape index (κ3) is 6.31. The first-order valence-electron chi connectivity index (χ1n) is 7.73. The lowest BCUT2D eigenvalue weighted by atomic mass is 10.2. The molecule has 0 atom stereocenters. The van der Waals surface area contributed by atoms with Crippen LogP contribution in [0.15, 0.2) is 24.3 Å². The first-order chi connectivity index (χ1) is 10.5. The summed E-state index contributed by atoms with van der Waals surface area (Å²) in [5.41, 5.74) is 0.819. The largest absolute Gasteiger partial charge is 0.543 e. The molecule has 0 saturated heterocycles. The van der Waals surface area contributed by atoms with Gasteiger partial charge in [-0.1, -0.05) is 32.9 Å². The molecule has 0 radical (unpaired) electrons. The number of thiocarbonyl (C=S) groups is 1. The van der Waals surface area contributed by atoms with E-state index in [2.05, 4.69) is 39.2 Å². The predicted octanol–water partition coefficient (Wildman–Crippen LogP) is 3.90. The third-order valence-electron chi connectivity index (χ3n) is 3.96. The average Bonchev–Trinajstić information content (AvgIpc) is 2.41. The number of carbonyl (C=O) groups is 1. The van der Waals surface area contributed by atoms with Crippen molar-refractivity contribution in [2.75, 3.05) is 13.2 Å². The van der Waals surface area contributed by atoms with Gasteiger partial charge in [0.2, 0.25) is 14.2 Å². The molecule has 1 amide bonds. The Hall–Kier alpha value is -1.40. The zero-order valence-corrected chi connectivity index (χ0v) is 16.7. The van der Waals surface area contributed by atoms with Crippen molar-refractivity contribution in [1.29, 1.82) is 0 Å². The van der Waals surface area contributed by atoms with Gasteiger partial charge in [-0.25, -0.2) is 0 Å². The van der Waals surface area contributed by atoms with Gasteiger partial charge in [0.1, 0.15) is 12.4 Å². The molecule has 128 valence electrons. The van der Waals surface area contributed by atoms with E-state index in [1.165, 1.54) is 6.92 Å². The number of amides is 1. The van der Waals surface area contributed by atoms with Crippen molar-refractivity contribution in [3.8, 4) is 5.75 Å². The molecule has 1 N–H and O–H groups in total. The van der Waals surface area contributed by atoms with Gasteiger partial charge in [0.25, 0.3) is 0 Å². The smallest absolute Gasteiger partial charge is 0.250 e. The molecule has 23 heavy (non-hydrogen) atoms. The summed E-state index contributed by atoms with van der Waals surface area (Å²) in [6.45, 7) is 13.3. The van der Waals surface area contributed by atoms with Crippen LogP contribution in [0.25, 0.3) is 0 Å². The van der Waals surface area contributed by atoms with E-state index in [0.717, 1.165) is 11.3 Å². The monoisotopic (exact) mass is 353 g/mol. The zero-order valence-electron chi connectivity index (χ0n) is 14.9. The normalized spacial score (nSPS) is 11.7. The second kappa shape index (κ2) is 7.92. The Labute approximate surface area is 145 Å². The molecular formula is C17H27NO3SSi. The minimum atomic E-state index is -1.88.